The second-order valence-corrected chi connectivity index (χ2v) is 4.26. The molecule has 0 aliphatic carbocycles. The number of rotatable bonds is 6. The molecule has 19 heavy (non-hydrogen) atoms. The highest BCUT2D eigenvalue weighted by Crippen LogP contribution is 2.13. The summed E-state index contributed by atoms with van der Waals surface area (Å²) in [4.78, 5) is 23.1. The molecule has 0 unspecified atom stereocenters. The number of aliphatic carboxylic acids is 1. The lowest BCUT2D eigenvalue weighted by Crippen LogP contribution is -2.37. The van der Waals surface area contributed by atoms with Crippen LogP contribution >= 0.6 is 0 Å². The molecule has 6 nitrogen and oxygen atoms in total. The fraction of sp³-hybridized carbons (Fsp3) is 0.308. The highest BCUT2D eigenvalue weighted by molar-refractivity contribution is 5.77. The van der Waals surface area contributed by atoms with Gasteiger partial charge in [-0.05, 0) is 30.2 Å². The minimum absolute atomic E-state index is 0.119. The Balaban J connectivity index is 2.86. The van der Waals surface area contributed by atoms with Crippen LogP contribution in [0, 0.1) is 18.3 Å². The number of aryl methyl sites for hydroxylation is 1. The van der Waals surface area contributed by atoms with Gasteiger partial charge >= 0.3 is 5.97 Å². The van der Waals surface area contributed by atoms with Crippen molar-refractivity contribution in [2.24, 2.45) is 5.73 Å². The van der Waals surface area contributed by atoms with Crippen molar-refractivity contribution in [3.8, 4) is 6.07 Å². The van der Waals surface area contributed by atoms with Gasteiger partial charge in [-0.25, -0.2) is 0 Å². The van der Waals surface area contributed by atoms with Gasteiger partial charge < -0.3 is 10.8 Å². The van der Waals surface area contributed by atoms with Gasteiger partial charge in [-0.3, -0.25) is 14.5 Å². The van der Waals surface area contributed by atoms with Crippen molar-refractivity contribution in [2.45, 2.75) is 13.5 Å². The average Bonchev–Trinajstić information content (AvgIpc) is 2.30. The molecule has 1 amide bonds. The topological polar surface area (TPSA) is 107 Å². The van der Waals surface area contributed by atoms with Crippen molar-refractivity contribution >= 4 is 11.9 Å². The lowest BCUT2D eigenvalue weighted by molar-refractivity contribution is -0.138. The standard InChI is InChI=1S/C13H15N3O3/c1-9-4-10(5-14)2-3-11(9)6-16(7-12(15)17)8-13(18)19/h2-4H,6-8H2,1H3,(H2,15,17)(H,18,19). The monoisotopic (exact) mass is 261 g/mol. The number of hydrogen-bond donors (Lipinski definition) is 2. The molecule has 6 heteroatoms. The number of carboxylic acid groups (broad SMARTS) is 1. The Labute approximate surface area is 111 Å². The molecule has 0 aromatic heterocycles. The van der Waals surface area contributed by atoms with Gasteiger partial charge in [0.25, 0.3) is 0 Å². The Bertz CT molecular complexity index is 518. The van der Waals surface area contributed by atoms with Crippen molar-refractivity contribution in [2.75, 3.05) is 13.1 Å². The average molecular weight is 261 g/mol. The predicted molar refractivity (Wildman–Crippen MR) is 68.0 cm³/mol. The molecule has 0 spiro atoms. The van der Waals surface area contributed by atoms with Gasteiger partial charge in [-0.2, -0.15) is 5.26 Å². The third kappa shape index (κ3) is 4.77. The van der Waals surface area contributed by atoms with Crippen LogP contribution in [0.15, 0.2) is 18.2 Å². The van der Waals surface area contributed by atoms with Crippen molar-refractivity contribution in [3.63, 3.8) is 0 Å². The van der Waals surface area contributed by atoms with E-state index in [1.165, 1.54) is 4.90 Å². The molecule has 1 aromatic carbocycles. The quantitative estimate of drug-likeness (QED) is 0.762. The number of hydrogen-bond acceptors (Lipinski definition) is 4. The summed E-state index contributed by atoms with van der Waals surface area (Å²) in [5.41, 5.74) is 7.37. The first-order valence-corrected chi connectivity index (χ1v) is 5.64. The van der Waals surface area contributed by atoms with Gasteiger partial charge in [-0.15, -0.1) is 0 Å². The first kappa shape index (κ1) is 14.7. The minimum Gasteiger partial charge on any atom is -0.480 e. The maximum atomic E-state index is 10.9. The Kier molecular flexibility index (Phi) is 5.03. The molecule has 0 aliphatic rings. The number of carboxylic acids is 1. The summed E-state index contributed by atoms with van der Waals surface area (Å²) >= 11 is 0. The maximum absolute atomic E-state index is 10.9. The highest BCUT2D eigenvalue weighted by Gasteiger charge is 2.14. The third-order valence-electron chi connectivity index (χ3n) is 2.60. The normalized spacial score (nSPS) is 10.2. The minimum atomic E-state index is -1.02. The van der Waals surface area contributed by atoms with Gasteiger partial charge in [0.05, 0.1) is 24.7 Å². The van der Waals surface area contributed by atoms with Gasteiger partial charge in [-0.1, -0.05) is 6.07 Å². The summed E-state index contributed by atoms with van der Waals surface area (Å²) in [6.07, 6.45) is 0. The summed E-state index contributed by atoms with van der Waals surface area (Å²) in [7, 11) is 0. The number of carbonyl (C=O) groups excluding carboxylic acids is 1. The first-order valence-electron chi connectivity index (χ1n) is 5.64. The summed E-state index contributed by atoms with van der Waals surface area (Å²) in [6, 6.07) is 7.16. The zero-order valence-electron chi connectivity index (χ0n) is 10.6. The van der Waals surface area contributed by atoms with Crippen LogP contribution in [0.25, 0.3) is 0 Å². The molecule has 100 valence electrons. The smallest absolute Gasteiger partial charge is 0.317 e. The SMILES string of the molecule is Cc1cc(C#N)ccc1CN(CC(N)=O)CC(=O)O. The molecule has 1 aromatic rings. The van der Waals surface area contributed by atoms with Crippen LogP contribution in [0.5, 0.6) is 0 Å². The van der Waals surface area contributed by atoms with Crippen LogP contribution in [0.2, 0.25) is 0 Å². The van der Waals surface area contributed by atoms with E-state index < -0.39 is 11.9 Å². The molecular weight excluding hydrogens is 246 g/mol. The van der Waals surface area contributed by atoms with Crippen LogP contribution < -0.4 is 5.73 Å². The maximum Gasteiger partial charge on any atom is 0.317 e. The second-order valence-electron chi connectivity index (χ2n) is 4.26. The van der Waals surface area contributed by atoms with Gasteiger partial charge in [0.1, 0.15) is 0 Å². The summed E-state index contributed by atoms with van der Waals surface area (Å²) in [6.45, 7) is 1.75. The fourth-order valence-electron chi connectivity index (χ4n) is 1.76. The molecule has 3 N–H and O–H groups in total. The first-order chi connectivity index (χ1) is 8.92. The van der Waals surface area contributed by atoms with Crippen LogP contribution in [0.3, 0.4) is 0 Å². The molecular formula is C13H15N3O3. The summed E-state index contributed by atoms with van der Waals surface area (Å²) in [5, 5.41) is 17.6. The van der Waals surface area contributed by atoms with Crippen molar-refractivity contribution in [3.05, 3.63) is 34.9 Å². The number of amides is 1. The van der Waals surface area contributed by atoms with Crippen molar-refractivity contribution < 1.29 is 14.7 Å². The number of primary amides is 1. The second kappa shape index (κ2) is 6.52. The highest BCUT2D eigenvalue weighted by atomic mass is 16.4. The van der Waals surface area contributed by atoms with E-state index in [1.54, 1.807) is 18.2 Å². The van der Waals surface area contributed by atoms with E-state index in [1.807, 2.05) is 13.0 Å². The number of nitriles is 1. The lowest BCUT2D eigenvalue weighted by Gasteiger charge is -2.19. The van der Waals surface area contributed by atoms with Gasteiger partial charge in [0.2, 0.25) is 5.91 Å². The molecule has 0 heterocycles. The summed E-state index contributed by atoms with van der Waals surface area (Å²) < 4.78 is 0. The van der Waals surface area contributed by atoms with Crippen LogP contribution in [0.1, 0.15) is 16.7 Å². The largest absolute Gasteiger partial charge is 0.480 e. The predicted octanol–water partition coefficient (Wildman–Crippen LogP) is 0.239. The molecule has 1 rings (SSSR count). The van der Waals surface area contributed by atoms with Crippen LogP contribution in [-0.2, 0) is 16.1 Å². The van der Waals surface area contributed by atoms with Crippen LogP contribution in [0.4, 0.5) is 0 Å². The Morgan fingerprint density at radius 1 is 1.42 bits per heavy atom. The zero-order chi connectivity index (χ0) is 14.4. The van der Waals surface area contributed by atoms with E-state index in [0.717, 1.165) is 11.1 Å². The molecule has 0 fully saturated rings. The van der Waals surface area contributed by atoms with E-state index >= 15 is 0 Å². The van der Waals surface area contributed by atoms with E-state index in [2.05, 4.69) is 0 Å². The number of nitrogens with two attached hydrogens (primary N) is 1. The van der Waals surface area contributed by atoms with E-state index in [9.17, 15) is 9.59 Å². The number of nitrogens with zero attached hydrogens (tertiary/aromatic N) is 2. The van der Waals surface area contributed by atoms with E-state index in [-0.39, 0.29) is 13.1 Å². The summed E-state index contributed by atoms with van der Waals surface area (Å²) in [5.74, 6) is -1.60. The lowest BCUT2D eigenvalue weighted by atomic mass is 10.1. The van der Waals surface area contributed by atoms with Crippen molar-refractivity contribution in [1.82, 2.24) is 4.90 Å². The number of carbonyl (C=O) groups is 2. The molecule has 0 bridgehead atoms. The van der Waals surface area contributed by atoms with Crippen molar-refractivity contribution in [1.29, 1.82) is 5.26 Å². The number of benzene rings is 1. The Hall–Kier alpha value is -2.39. The Morgan fingerprint density at radius 2 is 2.11 bits per heavy atom. The molecule has 0 saturated heterocycles. The third-order valence-corrected chi connectivity index (χ3v) is 2.60. The Morgan fingerprint density at radius 3 is 2.58 bits per heavy atom. The van der Waals surface area contributed by atoms with Crippen LogP contribution in [-0.4, -0.2) is 35.0 Å². The zero-order valence-corrected chi connectivity index (χ0v) is 10.6. The van der Waals surface area contributed by atoms with Gasteiger partial charge in [0, 0.05) is 6.54 Å². The molecule has 0 atom stereocenters. The fourth-order valence-corrected chi connectivity index (χ4v) is 1.76. The van der Waals surface area contributed by atoms with Gasteiger partial charge in [0.15, 0.2) is 0 Å². The van der Waals surface area contributed by atoms with E-state index in [4.69, 9.17) is 16.1 Å². The molecule has 0 aliphatic heterocycles. The van der Waals surface area contributed by atoms with E-state index in [0.29, 0.717) is 12.1 Å². The molecule has 0 radical (unpaired) electrons. The molecule has 0 saturated carbocycles.